The van der Waals surface area contributed by atoms with E-state index in [2.05, 4.69) is 24.0 Å². The lowest BCUT2D eigenvalue weighted by molar-refractivity contribution is 0.115. The van der Waals surface area contributed by atoms with Crippen LogP contribution < -0.4 is 0 Å². The molecule has 1 fully saturated rings. The molecule has 1 aliphatic heterocycles. The summed E-state index contributed by atoms with van der Waals surface area (Å²) in [5, 5.41) is 10.6. The van der Waals surface area contributed by atoms with E-state index < -0.39 is 0 Å². The van der Waals surface area contributed by atoms with Gasteiger partial charge in [0.2, 0.25) is 0 Å². The first kappa shape index (κ1) is 13.7. The highest BCUT2D eigenvalue weighted by Crippen LogP contribution is 2.29. The van der Waals surface area contributed by atoms with Gasteiger partial charge in [0.15, 0.2) is 0 Å². The summed E-state index contributed by atoms with van der Waals surface area (Å²) in [7, 11) is 0. The van der Waals surface area contributed by atoms with Crippen molar-refractivity contribution in [2.75, 3.05) is 19.7 Å². The number of likely N-dealkylation sites (tertiary alicyclic amines) is 1. The van der Waals surface area contributed by atoms with E-state index in [-0.39, 0.29) is 0 Å². The minimum Gasteiger partial charge on any atom is -0.461 e. The van der Waals surface area contributed by atoms with Crippen molar-refractivity contribution >= 4 is 11.0 Å². The van der Waals surface area contributed by atoms with Gasteiger partial charge in [-0.25, -0.2) is 0 Å². The van der Waals surface area contributed by atoms with Gasteiger partial charge in [-0.05, 0) is 31.4 Å². The molecule has 2 aromatic rings. The number of hydrogen-bond donors (Lipinski definition) is 1. The van der Waals surface area contributed by atoms with E-state index in [4.69, 9.17) is 4.42 Å². The number of aryl methyl sites for hydroxylation is 1. The van der Waals surface area contributed by atoms with Crippen LogP contribution in [-0.4, -0.2) is 29.7 Å². The number of furan rings is 1. The molecule has 108 valence electrons. The van der Waals surface area contributed by atoms with Gasteiger partial charge < -0.3 is 9.52 Å². The monoisotopic (exact) mass is 273 g/mol. The molecular formula is C17H23NO2. The highest BCUT2D eigenvalue weighted by atomic mass is 16.3. The smallest absolute Gasteiger partial charge is 0.134 e. The Labute approximate surface area is 120 Å². The van der Waals surface area contributed by atoms with E-state index in [9.17, 15) is 5.11 Å². The molecule has 3 nitrogen and oxygen atoms in total. The summed E-state index contributed by atoms with van der Waals surface area (Å²) in [4.78, 5) is 2.46. The Kier molecular flexibility index (Phi) is 4.08. The van der Waals surface area contributed by atoms with Crippen LogP contribution in [0.1, 0.15) is 31.1 Å². The quantitative estimate of drug-likeness (QED) is 0.929. The van der Waals surface area contributed by atoms with Crippen LogP contribution >= 0.6 is 0 Å². The van der Waals surface area contributed by atoms with Crippen LogP contribution in [0.2, 0.25) is 0 Å². The average Bonchev–Trinajstić information content (AvgIpc) is 2.85. The summed E-state index contributed by atoms with van der Waals surface area (Å²) in [6.07, 6.45) is 3.27. The van der Waals surface area contributed by atoms with Crippen LogP contribution in [0.25, 0.3) is 11.0 Å². The summed E-state index contributed by atoms with van der Waals surface area (Å²) >= 11 is 0. The fourth-order valence-corrected chi connectivity index (χ4v) is 3.28. The Bertz CT molecular complexity index is 575. The third-order valence-electron chi connectivity index (χ3n) is 4.35. The van der Waals surface area contributed by atoms with Gasteiger partial charge in [-0.1, -0.05) is 25.1 Å². The van der Waals surface area contributed by atoms with E-state index in [1.165, 1.54) is 17.4 Å². The zero-order chi connectivity index (χ0) is 13.9. The molecule has 0 bridgehead atoms. The van der Waals surface area contributed by atoms with Gasteiger partial charge in [0.25, 0.3) is 0 Å². The largest absolute Gasteiger partial charge is 0.461 e. The van der Waals surface area contributed by atoms with Crippen LogP contribution in [0, 0.1) is 5.92 Å². The molecule has 0 radical (unpaired) electrons. The Balaban J connectivity index is 1.86. The molecule has 1 N–H and O–H groups in total. The lowest BCUT2D eigenvalue weighted by Crippen LogP contribution is -2.36. The van der Waals surface area contributed by atoms with Crippen molar-refractivity contribution in [2.24, 2.45) is 5.92 Å². The molecule has 0 spiro atoms. The number of para-hydroxylation sites is 1. The summed E-state index contributed by atoms with van der Waals surface area (Å²) in [6, 6.07) is 8.30. The number of piperidine rings is 1. The van der Waals surface area contributed by atoms with Gasteiger partial charge in [-0.15, -0.1) is 0 Å². The van der Waals surface area contributed by atoms with E-state index in [0.717, 1.165) is 43.8 Å². The molecule has 3 heteroatoms. The van der Waals surface area contributed by atoms with Gasteiger partial charge in [0, 0.05) is 37.1 Å². The first-order chi connectivity index (χ1) is 9.81. The third-order valence-corrected chi connectivity index (χ3v) is 4.35. The summed E-state index contributed by atoms with van der Waals surface area (Å²) in [5.41, 5.74) is 2.33. The predicted molar refractivity (Wildman–Crippen MR) is 80.7 cm³/mol. The SMILES string of the molecule is CCc1oc2ccccc2c1CN1CCCC(CO)C1. The molecule has 1 aromatic heterocycles. The molecule has 1 atom stereocenters. The number of benzene rings is 1. The minimum atomic E-state index is 0.309. The molecule has 2 heterocycles. The maximum Gasteiger partial charge on any atom is 0.134 e. The molecule has 1 aromatic carbocycles. The summed E-state index contributed by atoms with van der Waals surface area (Å²) in [6.45, 7) is 5.52. The highest BCUT2D eigenvalue weighted by molar-refractivity contribution is 5.82. The molecule has 0 aliphatic carbocycles. The second kappa shape index (κ2) is 5.98. The Hall–Kier alpha value is -1.32. The van der Waals surface area contributed by atoms with Crippen molar-refractivity contribution in [1.82, 2.24) is 4.90 Å². The lowest BCUT2D eigenvalue weighted by atomic mass is 9.98. The summed E-state index contributed by atoms with van der Waals surface area (Å²) < 4.78 is 5.97. The van der Waals surface area contributed by atoms with E-state index in [0.29, 0.717) is 12.5 Å². The molecule has 1 unspecified atom stereocenters. The highest BCUT2D eigenvalue weighted by Gasteiger charge is 2.22. The van der Waals surface area contributed by atoms with Crippen molar-refractivity contribution < 1.29 is 9.52 Å². The standard InChI is InChI=1S/C17H23NO2/c1-2-16-15(14-7-3-4-8-17(14)20-16)11-18-9-5-6-13(10-18)12-19/h3-4,7-8,13,19H,2,5-6,9-12H2,1H3. The van der Waals surface area contributed by atoms with Gasteiger partial charge in [-0.3, -0.25) is 4.90 Å². The normalized spacial score (nSPS) is 20.6. The van der Waals surface area contributed by atoms with Gasteiger partial charge >= 0.3 is 0 Å². The van der Waals surface area contributed by atoms with E-state index >= 15 is 0 Å². The first-order valence-corrected chi connectivity index (χ1v) is 7.64. The van der Waals surface area contributed by atoms with Gasteiger partial charge in [0.1, 0.15) is 11.3 Å². The average molecular weight is 273 g/mol. The topological polar surface area (TPSA) is 36.6 Å². The number of aliphatic hydroxyl groups is 1. The van der Waals surface area contributed by atoms with Gasteiger partial charge in [-0.2, -0.15) is 0 Å². The number of aliphatic hydroxyl groups excluding tert-OH is 1. The number of rotatable bonds is 4. The molecule has 3 rings (SSSR count). The maximum absolute atomic E-state index is 9.36. The number of nitrogens with zero attached hydrogens (tertiary/aromatic N) is 1. The Morgan fingerprint density at radius 1 is 1.35 bits per heavy atom. The minimum absolute atomic E-state index is 0.309. The van der Waals surface area contributed by atoms with E-state index in [1.54, 1.807) is 0 Å². The van der Waals surface area contributed by atoms with Crippen molar-refractivity contribution in [3.05, 3.63) is 35.6 Å². The van der Waals surface area contributed by atoms with Crippen molar-refractivity contribution in [3.8, 4) is 0 Å². The molecular weight excluding hydrogens is 250 g/mol. The van der Waals surface area contributed by atoms with Crippen molar-refractivity contribution in [3.63, 3.8) is 0 Å². The fraction of sp³-hybridized carbons (Fsp3) is 0.529. The lowest BCUT2D eigenvalue weighted by Gasteiger charge is -2.31. The van der Waals surface area contributed by atoms with Crippen molar-refractivity contribution in [2.45, 2.75) is 32.7 Å². The number of hydrogen-bond acceptors (Lipinski definition) is 3. The maximum atomic E-state index is 9.36. The van der Waals surface area contributed by atoms with E-state index in [1.807, 2.05) is 12.1 Å². The first-order valence-electron chi connectivity index (χ1n) is 7.64. The zero-order valence-corrected chi connectivity index (χ0v) is 12.1. The van der Waals surface area contributed by atoms with Crippen LogP contribution in [0.4, 0.5) is 0 Å². The predicted octanol–water partition coefficient (Wildman–Crippen LogP) is 3.20. The van der Waals surface area contributed by atoms with Crippen LogP contribution in [0.15, 0.2) is 28.7 Å². The molecule has 20 heavy (non-hydrogen) atoms. The second-order valence-corrected chi connectivity index (χ2v) is 5.78. The zero-order valence-electron chi connectivity index (χ0n) is 12.1. The van der Waals surface area contributed by atoms with Gasteiger partial charge in [0.05, 0.1) is 0 Å². The summed E-state index contributed by atoms with van der Waals surface area (Å²) in [5.74, 6) is 1.55. The molecule has 0 saturated carbocycles. The molecule has 1 aliphatic rings. The fourth-order valence-electron chi connectivity index (χ4n) is 3.28. The Morgan fingerprint density at radius 3 is 3.00 bits per heavy atom. The Morgan fingerprint density at radius 2 is 2.20 bits per heavy atom. The van der Waals surface area contributed by atoms with Crippen molar-refractivity contribution in [1.29, 1.82) is 0 Å². The third kappa shape index (κ3) is 2.60. The van der Waals surface area contributed by atoms with Crippen LogP contribution in [0.5, 0.6) is 0 Å². The molecule has 1 saturated heterocycles. The van der Waals surface area contributed by atoms with Crippen LogP contribution in [0.3, 0.4) is 0 Å². The number of fused-ring (bicyclic) bond motifs is 1. The second-order valence-electron chi connectivity index (χ2n) is 5.78. The molecule has 0 amide bonds. The van der Waals surface area contributed by atoms with Crippen LogP contribution in [-0.2, 0) is 13.0 Å².